The molecule has 1 amide bonds. The summed E-state index contributed by atoms with van der Waals surface area (Å²) in [5.74, 6) is 1.29. The second-order valence-corrected chi connectivity index (χ2v) is 7.41. The molecule has 25 heavy (non-hydrogen) atoms. The number of hydrogen-bond donors (Lipinski definition) is 0. The lowest BCUT2D eigenvalue weighted by molar-refractivity contribution is -0.128. The highest BCUT2D eigenvalue weighted by atomic mass is 16.5. The van der Waals surface area contributed by atoms with E-state index in [1.165, 1.54) is 11.1 Å². The number of ether oxygens (including phenoxy) is 2. The van der Waals surface area contributed by atoms with Crippen molar-refractivity contribution in [2.75, 3.05) is 46.4 Å². The number of carbonyl (C=O) groups is 1. The van der Waals surface area contributed by atoms with E-state index in [-0.39, 0.29) is 5.60 Å². The predicted molar refractivity (Wildman–Crippen MR) is 95.8 cm³/mol. The Morgan fingerprint density at radius 2 is 2.00 bits per heavy atom. The van der Waals surface area contributed by atoms with Crippen LogP contribution in [-0.4, -0.2) is 62.1 Å². The molecule has 1 aromatic rings. The lowest BCUT2D eigenvalue weighted by Gasteiger charge is -2.45. The summed E-state index contributed by atoms with van der Waals surface area (Å²) in [7, 11) is 1.75. The SMILES string of the molecule is COc1cccc2c1C1(CCN(CCN3CCCC3=O)CC1)OCC2. The maximum atomic E-state index is 11.8. The Morgan fingerprint density at radius 3 is 2.72 bits per heavy atom. The van der Waals surface area contributed by atoms with Gasteiger partial charge in [-0.25, -0.2) is 0 Å². The molecule has 2 fully saturated rings. The average Bonchev–Trinajstić information content (AvgIpc) is 3.06. The quantitative estimate of drug-likeness (QED) is 0.840. The van der Waals surface area contributed by atoms with E-state index >= 15 is 0 Å². The highest BCUT2D eigenvalue weighted by molar-refractivity contribution is 5.78. The van der Waals surface area contributed by atoms with Crippen molar-refractivity contribution in [2.24, 2.45) is 0 Å². The van der Waals surface area contributed by atoms with Crippen LogP contribution in [0.5, 0.6) is 5.75 Å². The van der Waals surface area contributed by atoms with E-state index in [9.17, 15) is 4.79 Å². The summed E-state index contributed by atoms with van der Waals surface area (Å²) in [5, 5.41) is 0. The van der Waals surface area contributed by atoms with Gasteiger partial charge in [-0.15, -0.1) is 0 Å². The first-order valence-electron chi connectivity index (χ1n) is 9.52. The molecule has 0 N–H and O–H groups in total. The minimum Gasteiger partial charge on any atom is -0.496 e. The van der Waals surface area contributed by atoms with E-state index in [4.69, 9.17) is 9.47 Å². The lowest BCUT2D eigenvalue weighted by Crippen LogP contribution is -2.48. The van der Waals surface area contributed by atoms with Crippen molar-refractivity contribution >= 4 is 5.91 Å². The number of rotatable bonds is 4. The van der Waals surface area contributed by atoms with Crippen LogP contribution in [0.15, 0.2) is 18.2 Å². The van der Waals surface area contributed by atoms with Gasteiger partial charge in [0, 0.05) is 44.7 Å². The van der Waals surface area contributed by atoms with Crippen LogP contribution < -0.4 is 4.74 Å². The number of amides is 1. The standard InChI is InChI=1S/C20H28N2O3/c1-24-17-5-2-4-16-7-15-25-20(19(16)17)8-11-21(12-9-20)13-14-22-10-3-6-18(22)23/h2,4-5H,3,6-15H2,1H3. The molecule has 2 saturated heterocycles. The third-order valence-corrected chi connectivity index (χ3v) is 6.06. The maximum Gasteiger partial charge on any atom is 0.222 e. The summed E-state index contributed by atoms with van der Waals surface area (Å²) in [6.45, 7) is 5.60. The van der Waals surface area contributed by atoms with E-state index in [0.717, 1.165) is 77.2 Å². The van der Waals surface area contributed by atoms with E-state index in [1.807, 2.05) is 4.90 Å². The largest absolute Gasteiger partial charge is 0.496 e. The molecular formula is C20H28N2O3. The predicted octanol–water partition coefficient (Wildman–Crippen LogP) is 2.18. The normalized spacial score (nSPS) is 23.1. The average molecular weight is 344 g/mol. The van der Waals surface area contributed by atoms with Crippen molar-refractivity contribution in [3.8, 4) is 5.75 Å². The smallest absolute Gasteiger partial charge is 0.222 e. The van der Waals surface area contributed by atoms with E-state index in [2.05, 4.69) is 23.1 Å². The number of likely N-dealkylation sites (tertiary alicyclic amines) is 2. The van der Waals surface area contributed by atoms with Gasteiger partial charge in [-0.3, -0.25) is 4.79 Å². The van der Waals surface area contributed by atoms with Gasteiger partial charge in [0.05, 0.1) is 19.3 Å². The fourth-order valence-corrected chi connectivity index (χ4v) is 4.64. The number of benzene rings is 1. The molecule has 3 aliphatic rings. The zero-order valence-corrected chi connectivity index (χ0v) is 15.1. The van der Waals surface area contributed by atoms with Gasteiger partial charge in [-0.05, 0) is 37.3 Å². The number of hydrogen-bond acceptors (Lipinski definition) is 4. The van der Waals surface area contributed by atoms with Crippen molar-refractivity contribution in [1.82, 2.24) is 9.80 Å². The van der Waals surface area contributed by atoms with E-state index < -0.39 is 0 Å². The summed E-state index contributed by atoms with van der Waals surface area (Å²) in [6, 6.07) is 6.35. The Morgan fingerprint density at radius 1 is 1.16 bits per heavy atom. The second kappa shape index (κ2) is 6.96. The molecular weight excluding hydrogens is 316 g/mol. The molecule has 5 nitrogen and oxygen atoms in total. The number of methoxy groups -OCH3 is 1. The second-order valence-electron chi connectivity index (χ2n) is 7.41. The molecule has 3 heterocycles. The zero-order chi connectivity index (χ0) is 17.3. The van der Waals surface area contributed by atoms with Crippen molar-refractivity contribution in [2.45, 2.75) is 37.7 Å². The molecule has 0 bridgehead atoms. The van der Waals surface area contributed by atoms with E-state index in [1.54, 1.807) is 7.11 Å². The maximum absolute atomic E-state index is 11.8. The molecule has 0 aliphatic carbocycles. The Kier molecular flexibility index (Phi) is 4.69. The van der Waals surface area contributed by atoms with Gasteiger partial charge in [-0.2, -0.15) is 0 Å². The number of carbonyl (C=O) groups excluding carboxylic acids is 1. The first-order chi connectivity index (χ1) is 12.2. The molecule has 1 spiro atoms. The van der Waals surface area contributed by atoms with Crippen LogP contribution >= 0.6 is 0 Å². The topological polar surface area (TPSA) is 42.0 Å². The molecule has 0 saturated carbocycles. The molecule has 136 valence electrons. The third kappa shape index (κ3) is 3.15. The van der Waals surface area contributed by atoms with Crippen LogP contribution in [0.25, 0.3) is 0 Å². The van der Waals surface area contributed by atoms with Gasteiger partial charge in [0.25, 0.3) is 0 Å². The minimum atomic E-state index is -0.194. The zero-order valence-electron chi connectivity index (χ0n) is 15.1. The molecule has 1 aromatic carbocycles. The molecule has 3 aliphatic heterocycles. The highest BCUT2D eigenvalue weighted by Crippen LogP contribution is 2.45. The number of fused-ring (bicyclic) bond motifs is 2. The van der Waals surface area contributed by atoms with Crippen molar-refractivity contribution in [3.05, 3.63) is 29.3 Å². The van der Waals surface area contributed by atoms with Crippen LogP contribution in [0.4, 0.5) is 0 Å². The number of piperidine rings is 1. The molecule has 4 rings (SSSR count). The summed E-state index contributed by atoms with van der Waals surface area (Å²) in [4.78, 5) is 16.3. The Bertz CT molecular complexity index is 624. The van der Waals surface area contributed by atoms with Gasteiger partial charge in [0.1, 0.15) is 5.75 Å². The molecule has 0 aromatic heterocycles. The van der Waals surface area contributed by atoms with Crippen LogP contribution in [0.2, 0.25) is 0 Å². The molecule has 5 heteroatoms. The Hall–Kier alpha value is -1.59. The lowest BCUT2D eigenvalue weighted by atomic mass is 9.79. The monoisotopic (exact) mass is 344 g/mol. The first-order valence-corrected chi connectivity index (χ1v) is 9.52. The fraction of sp³-hybridized carbons (Fsp3) is 0.650. The van der Waals surface area contributed by atoms with Crippen molar-refractivity contribution < 1.29 is 14.3 Å². The van der Waals surface area contributed by atoms with Crippen molar-refractivity contribution in [1.29, 1.82) is 0 Å². The number of nitrogens with zero attached hydrogens (tertiary/aromatic N) is 2. The third-order valence-electron chi connectivity index (χ3n) is 6.06. The summed E-state index contributed by atoms with van der Waals surface area (Å²) in [6.07, 6.45) is 4.71. The van der Waals surface area contributed by atoms with Crippen LogP contribution in [-0.2, 0) is 21.6 Å². The van der Waals surface area contributed by atoms with Gasteiger partial charge < -0.3 is 19.3 Å². The van der Waals surface area contributed by atoms with Gasteiger partial charge >= 0.3 is 0 Å². The van der Waals surface area contributed by atoms with Crippen LogP contribution in [0.3, 0.4) is 0 Å². The minimum absolute atomic E-state index is 0.194. The first kappa shape index (κ1) is 16.9. The van der Waals surface area contributed by atoms with Gasteiger partial charge in [-0.1, -0.05) is 12.1 Å². The van der Waals surface area contributed by atoms with Gasteiger partial charge in [0.2, 0.25) is 5.91 Å². The summed E-state index contributed by atoms with van der Waals surface area (Å²) in [5.41, 5.74) is 2.46. The molecule has 0 atom stereocenters. The fourth-order valence-electron chi connectivity index (χ4n) is 4.64. The summed E-state index contributed by atoms with van der Waals surface area (Å²) >= 11 is 0. The van der Waals surface area contributed by atoms with Crippen LogP contribution in [0.1, 0.15) is 36.8 Å². The van der Waals surface area contributed by atoms with Crippen molar-refractivity contribution in [3.63, 3.8) is 0 Å². The Labute approximate surface area is 149 Å². The van der Waals surface area contributed by atoms with E-state index in [0.29, 0.717) is 5.91 Å². The molecule has 0 radical (unpaired) electrons. The van der Waals surface area contributed by atoms with Crippen LogP contribution in [0, 0.1) is 0 Å². The highest BCUT2D eigenvalue weighted by Gasteiger charge is 2.42. The van der Waals surface area contributed by atoms with Gasteiger partial charge in [0.15, 0.2) is 0 Å². The summed E-state index contributed by atoms with van der Waals surface area (Å²) < 4.78 is 12.0. The molecule has 0 unspecified atom stereocenters. The Balaban J connectivity index is 1.43.